The van der Waals surface area contributed by atoms with Crippen molar-refractivity contribution < 1.29 is 24.2 Å². The molecule has 7 heteroatoms. The number of carbonyl (C=O) groups is 2. The summed E-state index contributed by atoms with van der Waals surface area (Å²) in [4.78, 5) is 30.2. The number of rotatable bonds is 8. The predicted molar refractivity (Wildman–Crippen MR) is 130 cm³/mol. The first-order chi connectivity index (χ1) is 16.5. The number of amides is 1. The molecule has 1 amide bonds. The van der Waals surface area contributed by atoms with Crippen molar-refractivity contribution in [2.45, 2.75) is 26.3 Å². The Morgan fingerprint density at radius 3 is 2.50 bits per heavy atom. The maximum atomic E-state index is 13.2. The van der Waals surface area contributed by atoms with Crippen LogP contribution in [-0.2, 0) is 14.3 Å². The summed E-state index contributed by atoms with van der Waals surface area (Å²) in [5.74, 6) is -0.652. The number of benzene rings is 2. The molecule has 4 rings (SSSR count). The summed E-state index contributed by atoms with van der Waals surface area (Å²) >= 11 is 0. The van der Waals surface area contributed by atoms with Gasteiger partial charge in [0.25, 0.3) is 11.7 Å². The van der Waals surface area contributed by atoms with E-state index in [-0.39, 0.29) is 11.3 Å². The van der Waals surface area contributed by atoms with E-state index in [0.29, 0.717) is 18.7 Å². The molecule has 34 heavy (non-hydrogen) atoms. The molecule has 0 aliphatic carbocycles. The molecule has 0 unspecified atom stereocenters. The van der Waals surface area contributed by atoms with Crippen LogP contribution in [-0.4, -0.2) is 72.6 Å². The lowest BCUT2D eigenvalue weighted by atomic mass is 9.95. The molecule has 1 atom stereocenters. The number of hydrogen-bond acceptors (Lipinski definition) is 6. The molecule has 0 saturated carbocycles. The van der Waals surface area contributed by atoms with E-state index in [9.17, 15) is 14.7 Å². The van der Waals surface area contributed by atoms with E-state index >= 15 is 0 Å². The number of nitrogens with zero attached hydrogens (tertiary/aromatic N) is 2. The number of ketones is 1. The van der Waals surface area contributed by atoms with Gasteiger partial charge >= 0.3 is 0 Å². The van der Waals surface area contributed by atoms with E-state index in [0.717, 1.165) is 56.1 Å². The normalized spacial score (nSPS) is 20.6. The van der Waals surface area contributed by atoms with Crippen LogP contribution in [0.2, 0.25) is 0 Å². The number of aliphatic hydroxyl groups excluding tert-OH is 1. The van der Waals surface area contributed by atoms with Crippen LogP contribution in [0.1, 0.15) is 36.1 Å². The van der Waals surface area contributed by atoms with Gasteiger partial charge in [-0.3, -0.25) is 14.5 Å². The van der Waals surface area contributed by atoms with Crippen LogP contribution in [0.3, 0.4) is 0 Å². The Bertz CT molecular complexity index is 1060. The summed E-state index contributed by atoms with van der Waals surface area (Å²) in [6.45, 7) is 8.78. The molecule has 2 fully saturated rings. The fraction of sp³-hybridized carbons (Fsp3) is 0.407. The summed E-state index contributed by atoms with van der Waals surface area (Å²) in [5.41, 5.74) is 2.28. The highest BCUT2D eigenvalue weighted by molar-refractivity contribution is 6.46. The van der Waals surface area contributed by atoms with Crippen LogP contribution in [0, 0.1) is 6.92 Å². The van der Waals surface area contributed by atoms with Gasteiger partial charge in [-0.05, 0) is 49.6 Å². The summed E-state index contributed by atoms with van der Waals surface area (Å²) in [5, 5.41) is 11.2. The predicted octanol–water partition coefficient (Wildman–Crippen LogP) is 3.54. The monoisotopic (exact) mass is 464 g/mol. The van der Waals surface area contributed by atoms with Crippen molar-refractivity contribution in [3.8, 4) is 5.75 Å². The molecule has 7 nitrogen and oxygen atoms in total. The molecule has 0 spiro atoms. The number of hydrogen-bond donors (Lipinski definition) is 1. The third-order valence-electron chi connectivity index (χ3n) is 6.38. The maximum Gasteiger partial charge on any atom is 0.295 e. The summed E-state index contributed by atoms with van der Waals surface area (Å²) < 4.78 is 11.0. The van der Waals surface area contributed by atoms with Crippen LogP contribution in [0.5, 0.6) is 5.75 Å². The molecule has 2 heterocycles. The number of aryl methyl sites for hydroxylation is 1. The van der Waals surface area contributed by atoms with Crippen LogP contribution in [0.15, 0.2) is 54.1 Å². The van der Waals surface area contributed by atoms with E-state index in [1.165, 1.54) is 0 Å². The van der Waals surface area contributed by atoms with Crippen molar-refractivity contribution in [2.24, 2.45) is 0 Å². The minimum Gasteiger partial charge on any atom is -0.507 e. The second-order valence-electron chi connectivity index (χ2n) is 8.62. The number of ether oxygens (including phenoxy) is 2. The van der Waals surface area contributed by atoms with Gasteiger partial charge in [-0.25, -0.2) is 0 Å². The van der Waals surface area contributed by atoms with Gasteiger partial charge < -0.3 is 19.5 Å². The van der Waals surface area contributed by atoms with Gasteiger partial charge in [0, 0.05) is 31.7 Å². The molecule has 180 valence electrons. The SMILES string of the molecule is CCOc1ccc(C(O)=C2C(=O)C(=O)N(CCCN3CCOCC3)[C@H]2c2ccccc2)cc1C. The average molecular weight is 465 g/mol. The van der Waals surface area contributed by atoms with Crippen molar-refractivity contribution >= 4 is 17.4 Å². The van der Waals surface area contributed by atoms with E-state index in [4.69, 9.17) is 9.47 Å². The molecule has 0 bridgehead atoms. The Morgan fingerprint density at radius 2 is 1.82 bits per heavy atom. The quantitative estimate of drug-likeness (QED) is 0.366. The van der Waals surface area contributed by atoms with E-state index in [1.54, 1.807) is 23.1 Å². The Hall–Kier alpha value is -3.16. The second kappa shape index (κ2) is 10.8. The molecule has 2 aromatic carbocycles. The Balaban J connectivity index is 1.65. The molecule has 2 aliphatic rings. The number of aliphatic hydroxyl groups is 1. The smallest absolute Gasteiger partial charge is 0.295 e. The van der Waals surface area contributed by atoms with E-state index in [1.807, 2.05) is 44.2 Å². The van der Waals surface area contributed by atoms with Gasteiger partial charge in [0.1, 0.15) is 11.5 Å². The number of likely N-dealkylation sites (tertiary alicyclic amines) is 1. The first-order valence-electron chi connectivity index (χ1n) is 11.9. The molecular weight excluding hydrogens is 432 g/mol. The molecule has 2 saturated heterocycles. The highest BCUT2D eigenvalue weighted by Crippen LogP contribution is 2.39. The van der Waals surface area contributed by atoms with Gasteiger partial charge in [-0.2, -0.15) is 0 Å². The zero-order valence-corrected chi connectivity index (χ0v) is 19.8. The topological polar surface area (TPSA) is 79.3 Å². The second-order valence-corrected chi connectivity index (χ2v) is 8.62. The van der Waals surface area contributed by atoms with Crippen molar-refractivity contribution in [3.63, 3.8) is 0 Å². The fourth-order valence-corrected chi connectivity index (χ4v) is 4.65. The van der Waals surface area contributed by atoms with Crippen LogP contribution in [0.4, 0.5) is 0 Å². The third-order valence-corrected chi connectivity index (χ3v) is 6.38. The fourth-order valence-electron chi connectivity index (χ4n) is 4.65. The van der Waals surface area contributed by atoms with Crippen molar-refractivity contribution in [1.82, 2.24) is 9.80 Å². The minimum absolute atomic E-state index is 0.131. The van der Waals surface area contributed by atoms with Crippen molar-refractivity contribution in [2.75, 3.05) is 46.0 Å². The molecule has 2 aliphatic heterocycles. The van der Waals surface area contributed by atoms with E-state index < -0.39 is 17.7 Å². The standard InChI is InChI=1S/C27H32N2O5/c1-3-34-22-11-10-21(18-19(22)2)25(30)23-24(20-8-5-4-6-9-20)29(27(32)26(23)31)13-7-12-28-14-16-33-17-15-28/h4-6,8-11,18,24,30H,3,7,12-17H2,1-2H3/t24-/m0/s1. The zero-order valence-electron chi connectivity index (χ0n) is 19.8. The first-order valence-corrected chi connectivity index (χ1v) is 11.9. The van der Waals surface area contributed by atoms with Gasteiger partial charge in [-0.1, -0.05) is 30.3 Å². The largest absolute Gasteiger partial charge is 0.507 e. The summed E-state index contributed by atoms with van der Waals surface area (Å²) in [6, 6.07) is 14.1. The molecule has 2 aromatic rings. The Labute approximate surface area is 200 Å². The summed E-state index contributed by atoms with van der Waals surface area (Å²) in [6.07, 6.45) is 0.735. The van der Waals surface area contributed by atoms with Crippen LogP contribution < -0.4 is 4.74 Å². The van der Waals surface area contributed by atoms with Crippen LogP contribution >= 0.6 is 0 Å². The van der Waals surface area contributed by atoms with Gasteiger partial charge in [-0.15, -0.1) is 0 Å². The van der Waals surface area contributed by atoms with Crippen molar-refractivity contribution in [3.05, 3.63) is 70.8 Å². The molecule has 0 radical (unpaired) electrons. The highest BCUT2D eigenvalue weighted by Gasteiger charge is 2.45. The van der Waals surface area contributed by atoms with Gasteiger partial charge in [0.05, 0.1) is 31.4 Å². The minimum atomic E-state index is -0.649. The highest BCUT2D eigenvalue weighted by atomic mass is 16.5. The summed E-state index contributed by atoms with van der Waals surface area (Å²) in [7, 11) is 0. The number of morpholine rings is 1. The number of carbonyl (C=O) groups excluding carboxylic acids is 2. The van der Waals surface area contributed by atoms with Gasteiger partial charge in [0.15, 0.2) is 0 Å². The first kappa shape index (κ1) is 24.0. The molecule has 1 N–H and O–H groups in total. The Morgan fingerprint density at radius 1 is 1.09 bits per heavy atom. The zero-order chi connectivity index (χ0) is 24.1. The average Bonchev–Trinajstić information content (AvgIpc) is 3.11. The maximum absolute atomic E-state index is 13.2. The van der Waals surface area contributed by atoms with Gasteiger partial charge in [0.2, 0.25) is 0 Å². The van der Waals surface area contributed by atoms with E-state index in [2.05, 4.69) is 4.90 Å². The van der Waals surface area contributed by atoms with Crippen molar-refractivity contribution in [1.29, 1.82) is 0 Å². The lowest BCUT2D eigenvalue weighted by Crippen LogP contribution is -2.38. The molecule has 0 aromatic heterocycles. The Kier molecular flexibility index (Phi) is 7.65. The lowest BCUT2D eigenvalue weighted by molar-refractivity contribution is -0.140. The molecular formula is C27H32N2O5. The number of Topliss-reactive ketones (excluding diaryl/α,β-unsaturated/α-hetero) is 1. The van der Waals surface area contributed by atoms with Crippen LogP contribution in [0.25, 0.3) is 5.76 Å². The third kappa shape index (κ3) is 5.00. The lowest BCUT2D eigenvalue weighted by Gasteiger charge is -2.29.